The molecular formula is C23H21ClN2O4S. The van der Waals surface area contributed by atoms with Crippen molar-refractivity contribution in [3.63, 3.8) is 0 Å². The van der Waals surface area contributed by atoms with Gasteiger partial charge in [0.2, 0.25) is 15.7 Å². The smallest absolute Gasteiger partial charge is 0.251 e. The zero-order chi connectivity index (χ0) is 22.6. The second-order valence-corrected chi connectivity index (χ2v) is 9.31. The maximum Gasteiger partial charge on any atom is 0.251 e. The highest BCUT2D eigenvalue weighted by Crippen LogP contribution is 2.30. The molecule has 2 amide bonds. The molecule has 8 heteroatoms. The molecule has 0 aliphatic rings. The standard InChI is InChI=1S/C23H21ClN2O4S/c1-15(17-6-4-3-5-7-17)25-23(28)18-8-13-22(21(14-18)26-16(2)27)31(29,30)20-11-9-19(24)10-12-20/h3-15H,1-2H3,(H,25,28)(H,26,27). The molecule has 3 aromatic rings. The van der Waals surface area contributed by atoms with E-state index in [1.807, 2.05) is 37.3 Å². The van der Waals surface area contributed by atoms with E-state index in [0.717, 1.165) is 5.56 Å². The molecule has 0 heterocycles. The summed E-state index contributed by atoms with van der Waals surface area (Å²) in [5, 5.41) is 5.79. The lowest BCUT2D eigenvalue weighted by atomic mass is 10.1. The molecule has 0 aromatic heterocycles. The van der Waals surface area contributed by atoms with Crippen molar-refractivity contribution in [3.05, 3.63) is 88.9 Å². The topological polar surface area (TPSA) is 92.3 Å². The lowest BCUT2D eigenvalue weighted by Gasteiger charge is -2.16. The number of carbonyl (C=O) groups is 2. The van der Waals surface area contributed by atoms with Crippen LogP contribution in [0.25, 0.3) is 0 Å². The minimum Gasteiger partial charge on any atom is -0.346 e. The summed E-state index contributed by atoms with van der Waals surface area (Å²) in [6.07, 6.45) is 0. The van der Waals surface area contributed by atoms with Crippen LogP contribution in [0.5, 0.6) is 0 Å². The molecule has 0 aliphatic heterocycles. The number of anilines is 1. The third kappa shape index (κ3) is 5.31. The third-order valence-corrected chi connectivity index (χ3v) is 6.69. The van der Waals surface area contributed by atoms with E-state index in [-0.39, 0.29) is 27.1 Å². The van der Waals surface area contributed by atoms with Gasteiger partial charge in [-0.05, 0) is 55.0 Å². The SMILES string of the molecule is CC(=O)Nc1cc(C(=O)NC(C)c2ccccc2)ccc1S(=O)(=O)c1ccc(Cl)cc1. The highest BCUT2D eigenvalue weighted by Gasteiger charge is 2.23. The van der Waals surface area contributed by atoms with E-state index in [1.165, 1.54) is 49.4 Å². The van der Waals surface area contributed by atoms with Gasteiger partial charge in [-0.3, -0.25) is 9.59 Å². The maximum absolute atomic E-state index is 13.1. The molecular weight excluding hydrogens is 436 g/mol. The van der Waals surface area contributed by atoms with E-state index in [9.17, 15) is 18.0 Å². The van der Waals surface area contributed by atoms with Crippen molar-refractivity contribution in [2.45, 2.75) is 29.7 Å². The lowest BCUT2D eigenvalue weighted by Crippen LogP contribution is -2.27. The minimum atomic E-state index is -3.95. The molecule has 0 fully saturated rings. The molecule has 0 bridgehead atoms. The summed E-state index contributed by atoms with van der Waals surface area (Å²) in [5.41, 5.74) is 1.18. The van der Waals surface area contributed by atoms with Gasteiger partial charge in [-0.2, -0.15) is 0 Å². The Morgan fingerprint density at radius 2 is 1.58 bits per heavy atom. The number of sulfone groups is 1. The Kier molecular flexibility index (Phi) is 6.77. The van der Waals surface area contributed by atoms with Crippen LogP contribution in [-0.2, 0) is 14.6 Å². The summed E-state index contributed by atoms with van der Waals surface area (Å²) >= 11 is 5.85. The van der Waals surface area contributed by atoms with Gasteiger partial charge in [0.15, 0.2) is 0 Å². The Balaban J connectivity index is 1.95. The van der Waals surface area contributed by atoms with Crippen LogP contribution in [0, 0.1) is 0 Å². The van der Waals surface area contributed by atoms with Crippen molar-refractivity contribution in [2.75, 3.05) is 5.32 Å². The van der Waals surface area contributed by atoms with Gasteiger partial charge in [0.05, 0.1) is 21.5 Å². The summed E-state index contributed by atoms with van der Waals surface area (Å²) in [5.74, 6) is -0.846. The average molecular weight is 457 g/mol. The highest BCUT2D eigenvalue weighted by molar-refractivity contribution is 7.91. The van der Waals surface area contributed by atoms with Crippen LogP contribution >= 0.6 is 11.6 Å². The molecule has 0 saturated carbocycles. The first kappa shape index (κ1) is 22.5. The molecule has 2 N–H and O–H groups in total. The van der Waals surface area contributed by atoms with Crippen LogP contribution in [0.15, 0.2) is 82.6 Å². The Bertz CT molecular complexity index is 1210. The van der Waals surface area contributed by atoms with Crippen LogP contribution in [0.1, 0.15) is 35.8 Å². The third-order valence-electron chi connectivity index (χ3n) is 4.61. The lowest BCUT2D eigenvalue weighted by molar-refractivity contribution is -0.114. The van der Waals surface area contributed by atoms with Gasteiger partial charge in [-0.15, -0.1) is 0 Å². The van der Waals surface area contributed by atoms with Crippen molar-refractivity contribution in [2.24, 2.45) is 0 Å². The normalized spacial score (nSPS) is 12.1. The van der Waals surface area contributed by atoms with Gasteiger partial charge in [0.1, 0.15) is 0 Å². The van der Waals surface area contributed by atoms with Gasteiger partial charge in [0, 0.05) is 17.5 Å². The summed E-state index contributed by atoms with van der Waals surface area (Å²) in [6, 6.07) is 19.0. The van der Waals surface area contributed by atoms with Crippen molar-refractivity contribution in [1.82, 2.24) is 5.32 Å². The van der Waals surface area contributed by atoms with Crippen molar-refractivity contribution in [3.8, 4) is 0 Å². The quantitative estimate of drug-likeness (QED) is 0.566. The average Bonchev–Trinajstić information content (AvgIpc) is 2.74. The Morgan fingerprint density at radius 3 is 2.19 bits per heavy atom. The van der Waals surface area contributed by atoms with E-state index in [1.54, 1.807) is 0 Å². The van der Waals surface area contributed by atoms with E-state index >= 15 is 0 Å². The number of hydrogen-bond donors (Lipinski definition) is 2. The molecule has 0 spiro atoms. The van der Waals surface area contributed by atoms with E-state index in [2.05, 4.69) is 10.6 Å². The molecule has 160 valence electrons. The largest absolute Gasteiger partial charge is 0.346 e. The zero-order valence-corrected chi connectivity index (χ0v) is 18.5. The first-order valence-electron chi connectivity index (χ1n) is 9.46. The molecule has 3 aromatic carbocycles. The van der Waals surface area contributed by atoms with Gasteiger partial charge >= 0.3 is 0 Å². The van der Waals surface area contributed by atoms with Crippen LogP contribution in [0.3, 0.4) is 0 Å². The Morgan fingerprint density at radius 1 is 0.935 bits per heavy atom. The predicted octanol–water partition coefficient (Wildman–Crippen LogP) is 4.62. The summed E-state index contributed by atoms with van der Waals surface area (Å²) < 4.78 is 26.2. The fourth-order valence-electron chi connectivity index (χ4n) is 3.04. The first-order valence-corrected chi connectivity index (χ1v) is 11.3. The van der Waals surface area contributed by atoms with Crippen molar-refractivity contribution >= 4 is 38.9 Å². The fourth-order valence-corrected chi connectivity index (χ4v) is 4.56. The summed E-state index contributed by atoms with van der Waals surface area (Å²) in [4.78, 5) is 24.4. The monoisotopic (exact) mass is 456 g/mol. The molecule has 0 saturated heterocycles. The van der Waals surface area contributed by atoms with E-state index in [0.29, 0.717) is 5.02 Å². The van der Waals surface area contributed by atoms with Crippen molar-refractivity contribution < 1.29 is 18.0 Å². The summed E-state index contributed by atoms with van der Waals surface area (Å²) in [7, 11) is -3.95. The molecule has 31 heavy (non-hydrogen) atoms. The van der Waals surface area contributed by atoms with Gasteiger partial charge < -0.3 is 10.6 Å². The highest BCUT2D eigenvalue weighted by atomic mass is 35.5. The van der Waals surface area contributed by atoms with E-state index in [4.69, 9.17) is 11.6 Å². The second kappa shape index (κ2) is 9.32. The van der Waals surface area contributed by atoms with Gasteiger partial charge in [-0.25, -0.2) is 8.42 Å². The number of halogens is 1. The number of carbonyl (C=O) groups excluding carboxylic acids is 2. The van der Waals surface area contributed by atoms with Gasteiger partial charge in [0.25, 0.3) is 5.91 Å². The molecule has 1 atom stereocenters. The molecule has 0 aliphatic carbocycles. The Labute approximate surface area is 186 Å². The number of benzene rings is 3. The number of hydrogen-bond acceptors (Lipinski definition) is 4. The van der Waals surface area contributed by atoms with E-state index < -0.39 is 21.7 Å². The summed E-state index contributed by atoms with van der Waals surface area (Å²) in [6.45, 7) is 3.12. The minimum absolute atomic E-state index is 0.0263. The maximum atomic E-state index is 13.1. The number of rotatable bonds is 6. The van der Waals surface area contributed by atoms with Crippen LogP contribution in [-0.4, -0.2) is 20.2 Å². The second-order valence-electron chi connectivity index (χ2n) is 6.96. The molecule has 3 rings (SSSR count). The van der Waals surface area contributed by atoms with Gasteiger partial charge in [-0.1, -0.05) is 41.9 Å². The molecule has 1 unspecified atom stereocenters. The molecule has 0 radical (unpaired) electrons. The predicted molar refractivity (Wildman–Crippen MR) is 120 cm³/mol. The van der Waals surface area contributed by atoms with Crippen molar-refractivity contribution in [1.29, 1.82) is 0 Å². The number of nitrogens with one attached hydrogen (secondary N) is 2. The molecule has 6 nitrogen and oxygen atoms in total. The first-order chi connectivity index (χ1) is 14.7. The zero-order valence-electron chi connectivity index (χ0n) is 16.9. The van der Waals surface area contributed by atoms with Crippen LogP contribution in [0.2, 0.25) is 5.02 Å². The number of amides is 2. The fraction of sp³-hybridized carbons (Fsp3) is 0.130. The Hall–Kier alpha value is -3.16. The van der Waals surface area contributed by atoms with Crippen LogP contribution < -0.4 is 10.6 Å². The van der Waals surface area contributed by atoms with Crippen LogP contribution in [0.4, 0.5) is 5.69 Å².